The number of carbonyl (C=O) groups is 2. The van der Waals surface area contributed by atoms with E-state index in [2.05, 4.69) is 23.9 Å². The molecule has 0 N–H and O–H groups in total. The van der Waals surface area contributed by atoms with Gasteiger partial charge < -0.3 is 0 Å². The van der Waals surface area contributed by atoms with Crippen molar-refractivity contribution in [3.8, 4) is 12.3 Å². The van der Waals surface area contributed by atoms with Gasteiger partial charge in [0.15, 0.2) is 6.29 Å². The maximum atomic E-state index is 12.8. The molecule has 0 aliphatic rings. The van der Waals surface area contributed by atoms with E-state index >= 15 is 0 Å². The van der Waals surface area contributed by atoms with Gasteiger partial charge >= 0.3 is 0 Å². The lowest BCUT2D eigenvalue weighted by Crippen LogP contribution is -2.16. The Kier molecular flexibility index (Phi) is 10.3. The number of rotatable bonds is 10. The first-order valence-electron chi connectivity index (χ1n) is 11.5. The predicted molar refractivity (Wildman–Crippen MR) is 134 cm³/mol. The van der Waals surface area contributed by atoms with E-state index in [1.54, 1.807) is 12.4 Å². The Morgan fingerprint density at radius 1 is 1.06 bits per heavy atom. The third kappa shape index (κ3) is 6.62. The van der Waals surface area contributed by atoms with Crippen molar-refractivity contribution in [1.82, 2.24) is 4.98 Å². The van der Waals surface area contributed by atoms with Crippen LogP contribution in [0.3, 0.4) is 0 Å². The van der Waals surface area contributed by atoms with Gasteiger partial charge in [-0.3, -0.25) is 14.6 Å². The van der Waals surface area contributed by atoms with Crippen LogP contribution in [0.15, 0.2) is 54.9 Å². The summed E-state index contributed by atoms with van der Waals surface area (Å²) < 4.78 is 0. The zero-order chi connectivity index (χ0) is 23.3. The molecule has 0 saturated carbocycles. The van der Waals surface area contributed by atoms with Crippen molar-refractivity contribution in [2.24, 2.45) is 5.92 Å². The largest absolute Gasteiger partial charge is 0.299 e. The SMILES string of the molecule is C#Cc1ccc2cc(CCC(CCC)C(=O)CCc3ccncc3)ccc2c1C=O.CC.[H]. The minimum Gasteiger partial charge on any atom is -0.299 e. The summed E-state index contributed by atoms with van der Waals surface area (Å²) in [5.74, 6) is 3.00. The number of pyridine rings is 1. The molecule has 2 aromatic carbocycles. The van der Waals surface area contributed by atoms with E-state index in [1.807, 2.05) is 50.2 Å². The fourth-order valence-electron chi connectivity index (χ4n) is 3.99. The Balaban J connectivity index is 0.00000177. The lowest BCUT2D eigenvalue weighted by atomic mass is 9.88. The van der Waals surface area contributed by atoms with Crippen LogP contribution in [0.5, 0.6) is 0 Å². The number of hydrogen-bond acceptors (Lipinski definition) is 3. The maximum absolute atomic E-state index is 12.8. The van der Waals surface area contributed by atoms with E-state index in [1.165, 1.54) is 5.56 Å². The molecule has 0 saturated heterocycles. The molecule has 0 amide bonds. The summed E-state index contributed by atoms with van der Waals surface area (Å²) in [4.78, 5) is 28.3. The number of Topliss-reactive ketones (excluding diaryl/α,β-unsaturated/α-hetero) is 1. The Morgan fingerprint density at radius 2 is 1.81 bits per heavy atom. The quantitative estimate of drug-likeness (QED) is 0.266. The number of nitrogens with zero attached hydrogens (tertiary/aromatic N) is 1. The highest BCUT2D eigenvalue weighted by Gasteiger charge is 2.17. The van der Waals surface area contributed by atoms with Crippen molar-refractivity contribution >= 4 is 22.8 Å². The number of carbonyl (C=O) groups excluding carboxylic acids is 2. The minimum atomic E-state index is 0. The molecule has 0 aliphatic heterocycles. The summed E-state index contributed by atoms with van der Waals surface area (Å²) >= 11 is 0. The Morgan fingerprint density at radius 3 is 2.47 bits per heavy atom. The normalized spacial score (nSPS) is 11.2. The van der Waals surface area contributed by atoms with Crippen LogP contribution in [0.1, 0.15) is 74.9 Å². The molecule has 0 fully saturated rings. The maximum Gasteiger partial charge on any atom is 0.151 e. The topological polar surface area (TPSA) is 47.0 Å². The lowest BCUT2D eigenvalue weighted by Gasteiger charge is -2.15. The number of aldehydes is 1. The summed E-state index contributed by atoms with van der Waals surface area (Å²) in [5.41, 5.74) is 3.51. The van der Waals surface area contributed by atoms with Crippen molar-refractivity contribution in [1.29, 1.82) is 0 Å². The number of fused-ring (bicyclic) bond motifs is 1. The highest BCUT2D eigenvalue weighted by atomic mass is 16.1. The molecule has 1 radical (unpaired) electrons. The summed E-state index contributed by atoms with van der Waals surface area (Å²) in [5, 5.41) is 1.88. The molecule has 3 aromatic rings. The first-order valence-corrected chi connectivity index (χ1v) is 11.5. The van der Waals surface area contributed by atoms with Crippen molar-refractivity contribution < 1.29 is 11.0 Å². The van der Waals surface area contributed by atoms with Crippen LogP contribution >= 0.6 is 0 Å². The molecule has 1 atom stereocenters. The van der Waals surface area contributed by atoms with Gasteiger partial charge in [-0.15, -0.1) is 6.42 Å². The van der Waals surface area contributed by atoms with Gasteiger partial charge in [-0.25, -0.2) is 0 Å². The number of ketones is 1. The standard InChI is InChI=1S/C27H27NO2.C2H6.H/c1-3-5-23(27(30)13-8-20-14-16-28-17-15-20)9-6-21-7-12-25-24(18-21)11-10-22(4-2)26(25)19-29;1-2;/h2,7,10-12,14-19,23H,3,5-6,8-9,13H2,1H3;1-2H3;. The van der Waals surface area contributed by atoms with Gasteiger partial charge in [0.05, 0.1) is 0 Å². The molecule has 3 rings (SSSR count). The molecular formula is C29H34NO2. The summed E-state index contributed by atoms with van der Waals surface area (Å²) in [6.45, 7) is 6.13. The third-order valence-electron chi connectivity index (χ3n) is 5.68. The fourth-order valence-corrected chi connectivity index (χ4v) is 3.99. The highest BCUT2D eigenvalue weighted by molar-refractivity contribution is 6.00. The molecule has 0 aliphatic carbocycles. The summed E-state index contributed by atoms with van der Waals surface area (Å²) in [7, 11) is 0. The second-order valence-electron chi connectivity index (χ2n) is 7.69. The average Bonchev–Trinajstić information content (AvgIpc) is 2.85. The van der Waals surface area contributed by atoms with E-state index < -0.39 is 0 Å². The molecule has 1 heterocycles. The molecule has 3 nitrogen and oxygen atoms in total. The molecule has 3 heteroatoms. The molecular weight excluding hydrogens is 394 g/mol. The summed E-state index contributed by atoms with van der Waals surface area (Å²) in [6, 6.07) is 13.8. The van der Waals surface area contributed by atoms with E-state index in [9.17, 15) is 9.59 Å². The monoisotopic (exact) mass is 428 g/mol. The molecule has 0 bridgehead atoms. The number of aryl methyl sites for hydroxylation is 2. The Labute approximate surface area is 193 Å². The van der Waals surface area contributed by atoms with Gasteiger partial charge in [0.25, 0.3) is 0 Å². The van der Waals surface area contributed by atoms with Crippen molar-refractivity contribution in [3.05, 3.63) is 77.1 Å². The Hall–Kier alpha value is -3.25. The third-order valence-corrected chi connectivity index (χ3v) is 5.68. The fraction of sp³-hybridized carbons (Fsp3) is 0.345. The van der Waals surface area contributed by atoms with Crippen LogP contribution in [0.4, 0.5) is 0 Å². The van der Waals surface area contributed by atoms with Gasteiger partial charge in [0.1, 0.15) is 5.78 Å². The highest BCUT2D eigenvalue weighted by Crippen LogP contribution is 2.25. The predicted octanol–water partition coefficient (Wildman–Crippen LogP) is 6.72. The minimum absolute atomic E-state index is 0. The van der Waals surface area contributed by atoms with Gasteiger partial charge in [-0.1, -0.05) is 57.4 Å². The van der Waals surface area contributed by atoms with Crippen molar-refractivity contribution in [3.63, 3.8) is 0 Å². The van der Waals surface area contributed by atoms with Gasteiger partial charge in [-0.2, -0.15) is 0 Å². The van der Waals surface area contributed by atoms with Crippen LogP contribution in [-0.2, 0) is 17.6 Å². The zero-order valence-electron chi connectivity index (χ0n) is 20.4. The zero-order valence-corrected chi connectivity index (χ0v) is 19.4. The van der Waals surface area contributed by atoms with Crippen molar-refractivity contribution in [2.75, 3.05) is 0 Å². The first kappa shape index (κ1) is 25.0. The average molecular weight is 429 g/mol. The van der Waals surface area contributed by atoms with E-state index in [-0.39, 0.29) is 7.34 Å². The van der Waals surface area contributed by atoms with Crippen LogP contribution in [0.25, 0.3) is 10.8 Å². The van der Waals surface area contributed by atoms with Gasteiger partial charge in [0, 0.05) is 37.3 Å². The number of terminal acetylenes is 1. The van der Waals surface area contributed by atoms with E-state index in [4.69, 9.17) is 6.42 Å². The van der Waals surface area contributed by atoms with Crippen LogP contribution in [-0.4, -0.2) is 17.1 Å². The van der Waals surface area contributed by atoms with Crippen molar-refractivity contribution in [2.45, 2.75) is 59.3 Å². The van der Waals surface area contributed by atoms with Crippen LogP contribution in [0.2, 0.25) is 0 Å². The van der Waals surface area contributed by atoms with E-state index in [0.29, 0.717) is 23.3 Å². The second kappa shape index (κ2) is 13.2. The second-order valence-corrected chi connectivity index (χ2v) is 7.69. The Bertz CT molecular complexity index is 1070. The number of benzene rings is 2. The van der Waals surface area contributed by atoms with E-state index in [0.717, 1.165) is 54.7 Å². The first-order chi connectivity index (χ1) is 15.7. The number of hydrogen-bond donors (Lipinski definition) is 0. The molecule has 1 unspecified atom stereocenters. The van der Waals surface area contributed by atoms with Crippen LogP contribution < -0.4 is 0 Å². The number of aromatic nitrogens is 1. The molecule has 167 valence electrons. The van der Waals surface area contributed by atoms with Gasteiger partial charge in [-0.05, 0) is 65.8 Å². The molecule has 0 spiro atoms. The smallest absolute Gasteiger partial charge is 0.151 e. The lowest BCUT2D eigenvalue weighted by molar-refractivity contribution is -0.123. The molecule has 1 aromatic heterocycles. The molecule has 32 heavy (non-hydrogen) atoms. The van der Waals surface area contributed by atoms with Gasteiger partial charge in [0.2, 0.25) is 0 Å². The summed E-state index contributed by atoms with van der Waals surface area (Å²) in [6.07, 6.45) is 14.8. The van der Waals surface area contributed by atoms with Crippen LogP contribution in [0, 0.1) is 18.3 Å².